The van der Waals surface area contributed by atoms with Crippen LogP contribution in [-0.4, -0.2) is 84.7 Å². The van der Waals surface area contributed by atoms with Crippen molar-refractivity contribution in [2.24, 2.45) is 5.41 Å². The summed E-state index contributed by atoms with van der Waals surface area (Å²) in [6.07, 6.45) is 5.65. The van der Waals surface area contributed by atoms with E-state index in [0.29, 0.717) is 26.2 Å². The number of rotatable bonds is 6. The number of aromatic amines is 1. The molecule has 2 saturated heterocycles. The van der Waals surface area contributed by atoms with Crippen molar-refractivity contribution in [3.05, 3.63) is 23.3 Å². The van der Waals surface area contributed by atoms with Gasteiger partial charge in [0.1, 0.15) is 5.69 Å². The minimum absolute atomic E-state index is 0.0115. The minimum atomic E-state index is -0.193. The van der Waals surface area contributed by atoms with Gasteiger partial charge in [-0.15, -0.1) is 5.10 Å². The Kier molecular flexibility index (Phi) is 5.44. The second-order valence-corrected chi connectivity index (χ2v) is 10.1. The lowest BCUT2D eigenvalue weighted by atomic mass is 9.88. The average Bonchev–Trinajstić information content (AvgIpc) is 3.45. The van der Waals surface area contributed by atoms with E-state index in [1.54, 1.807) is 4.68 Å². The lowest BCUT2D eigenvalue weighted by Crippen LogP contribution is -2.52. The van der Waals surface area contributed by atoms with E-state index in [2.05, 4.69) is 49.8 Å². The van der Waals surface area contributed by atoms with Crippen molar-refractivity contribution in [3.63, 3.8) is 0 Å². The second-order valence-electron chi connectivity index (χ2n) is 10.1. The first-order chi connectivity index (χ1) is 15.4. The molecule has 1 atom stereocenters. The third-order valence-corrected chi connectivity index (χ3v) is 6.88. The number of nitrogens with one attached hydrogen (secondary N) is 2. The Morgan fingerprint density at radius 3 is 2.91 bits per heavy atom. The van der Waals surface area contributed by atoms with E-state index in [0.717, 1.165) is 55.9 Å². The molecular formula is C21H31N9O2. The molecule has 0 bridgehead atoms. The molecule has 3 aliphatic rings. The number of hydrogen-bond acceptors (Lipinski definition) is 7. The van der Waals surface area contributed by atoms with Gasteiger partial charge in [-0.3, -0.25) is 14.5 Å². The minimum Gasteiger partial charge on any atom is -0.349 e. The maximum atomic E-state index is 12.9. The predicted octanol–water partition coefficient (Wildman–Crippen LogP) is 0.248. The van der Waals surface area contributed by atoms with Gasteiger partial charge in [0.15, 0.2) is 0 Å². The Balaban J connectivity index is 1.08. The quantitative estimate of drug-likeness (QED) is 0.658. The molecule has 0 spiro atoms. The van der Waals surface area contributed by atoms with E-state index in [1.807, 2.05) is 11.1 Å². The first kappa shape index (κ1) is 21.0. The molecule has 11 heteroatoms. The number of carbonyl (C=O) groups is 2. The maximum Gasteiger partial charge on any atom is 0.234 e. The van der Waals surface area contributed by atoms with Gasteiger partial charge in [-0.05, 0) is 37.6 Å². The lowest BCUT2D eigenvalue weighted by molar-refractivity contribution is -0.139. The van der Waals surface area contributed by atoms with Gasteiger partial charge in [0, 0.05) is 19.6 Å². The highest BCUT2D eigenvalue weighted by Gasteiger charge is 2.39. The van der Waals surface area contributed by atoms with Crippen molar-refractivity contribution in [1.82, 2.24) is 45.5 Å². The molecule has 0 radical (unpaired) electrons. The van der Waals surface area contributed by atoms with Gasteiger partial charge < -0.3 is 10.2 Å². The van der Waals surface area contributed by atoms with Crippen molar-refractivity contribution in [2.45, 2.75) is 58.0 Å². The van der Waals surface area contributed by atoms with Crippen molar-refractivity contribution in [2.75, 3.05) is 32.7 Å². The zero-order valence-corrected chi connectivity index (χ0v) is 18.8. The fraction of sp³-hybridized carbons (Fsp3) is 0.714. The molecule has 2 amide bonds. The largest absolute Gasteiger partial charge is 0.349 e. The summed E-state index contributed by atoms with van der Waals surface area (Å²) in [6, 6.07) is 0.114. The number of aromatic nitrogens is 6. The molecular weight excluding hydrogens is 410 g/mol. The molecule has 2 aromatic rings. The summed E-state index contributed by atoms with van der Waals surface area (Å²) in [7, 11) is 0. The Morgan fingerprint density at radius 1 is 1.28 bits per heavy atom. The Bertz CT molecular complexity index is 991. The zero-order chi connectivity index (χ0) is 22.3. The van der Waals surface area contributed by atoms with Crippen LogP contribution in [0.15, 0.2) is 6.20 Å². The van der Waals surface area contributed by atoms with Crippen LogP contribution in [0.4, 0.5) is 0 Å². The van der Waals surface area contributed by atoms with Gasteiger partial charge >= 0.3 is 0 Å². The number of H-pyrrole nitrogens is 1. The summed E-state index contributed by atoms with van der Waals surface area (Å²) in [4.78, 5) is 29.3. The van der Waals surface area contributed by atoms with E-state index in [4.69, 9.17) is 0 Å². The number of amides is 2. The first-order valence-electron chi connectivity index (χ1n) is 11.5. The van der Waals surface area contributed by atoms with E-state index in [1.165, 1.54) is 0 Å². The number of carbonyl (C=O) groups excluding carboxylic acids is 2. The molecule has 2 aromatic heterocycles. The fourth-order valence-corrected chi connectivity index (χ4v) is 4.98. The van der Waals surface area contributed by atoms with Gasteiger partial charge in [-0.1, -0.05) is 19.1 Å². The number of nitrogens with zero attached hydrogens (tertiary/aromatic N) is 7. The van der Waals surface area contributed by atoms with E-state index < -0.39 is 0 Å². The molecule has 2 aliphatic heterocycles. The smallest absolute Gasteiger partial charge is 0.234 e. The summed E-state index contributed by atoms with van der Waals surface area (Å²) in [5, 5.41) is 22.4. The van der Waals surface area contributed by atoms with Gasteiger partial charge in [-0.25, -0.2) is 4.68 Å². The Morgan fingerprint density at radius 2 is 2.12 bits per heavy atom. The molecule has 1 unspecified atom stereocenters. The van der Waals surface area contributed by atoms with Crippen molar-refractivity contribution >= 4 is 11.8 Å². The molecule has 0 aromatic carbocycles. The molecule has 2 fully saturated rings. The molecule has 2 N–H and O–H groups in total. The van der Waals surface area contributed by atoms with Crippen molar-refractivity contribution in [1.29, 1.82) is 0 Å². The highest BCUT2D eigenvalue weighted by Crippen LogP contribution is 2.33. The standard InChI is InChI=1S/C21H31N9O2/c1-21(2)6-7-28(13-21)12-18(31)22-8-14-9-30(27-23-14)15-10-29(11-15)20(32)16-4-3-5-17-19(16)25-26-24-17/h9,15-16H,3-8,10-13H2,1-2H3,(H,22,31)(H,24,25,26). The number of hydrogen-bond donors (Lipinski definition) is 2. The van der Waals surface area contributed by atoms with E-state index in [-0.39, 0.29) is 29.2 Å². The third-order valence-electron chi connectivity index (χ3n) is 6.88. The molecule has 32 heavy (non-hydrogen) atoms. The summed E-state index contributed by atoms with van der Waals surface area (Å²) in [5.74, 6) is -0.0627. The second kappa shape index (κ2) is 8.27. The van der Waals surface area contributed by atoms with Crippen LogP contribution in [-0.2, 0) is 22.6 Å². The molecule has 5 rings (SSSR count). The van der Waals surface area contributed by atoms with Crippen LogP contribution >= 0.6 is 0 Å². The molecule has 172 valence electrons. The number of fused-ring (bicyclic) bond motifs is 1. The highest BCUT2D eigenvalue weighted by atomic mass is 16.2. The molecule has 11 nitrogen and oxygen atoms in total. The predicted molar refractivity (Wildman–Crippen MR) is 114 cm³/mol. The number of aryl methyl sites for hydroxylation is 1. The topological polar surface area (TPSA) is 125 Å². The summed E-state index contributed by atoms with van der Waals surface area (Å²) >= 11 is 0. The number of likely N-dealkylation sites (tertiary alicyclic amines) is 2. The van der Waals surface area contributed by atoms with Crippen LogP contribution in [0.3, 0.4) is 0 Å². The molecule has 1 aliphatic carbocycles. The zero-order valence-electron chi connectivity index (χ0n) is 18.8. The summed E-state index contributed by atoms with van der Waals surface area (Å²) < 4.78 is 1.80. The maximum absolute atomic E-state index is 12.9. The average molecular weight is 442 g/mol. The van der Waals surface area contributed by atoms with Crippen LogP contribution in [0.2, 0.25) is 0 Å². The van der Waals surface area contributed by atoms with Crippen LogP contribution in [0.25, 0.3) is 0 Å². The Hall–Kier alpha value is -2.82. The SMILES string of the molecule is CC1(C)CCN(CC(=O)NCc2cn(C3CN(C(=O)C4CCCc5n[nH]nc54)C3)nn2)C1. The van der Waals surface area contributed by atoms with Crippen LogP contribution in [0, 0.1) is 5.41 Å². The fourth-order valence-electron chi connectivity index (χ4n) is 4.98. The highest BCUT2D eigenvalue weighted by molar-refractivity contribution is 5.84. The van der Waals surface area contributed by atoms with E-state index in [9.17, 15) is 9.59 Å². The van der Waals surface area contributed by atoms with Crippen LogP contribution < -0.4 is 5.32 Å². The van der Waals surface area contributed by atoms with E-state index >= 15 is 0 Å². The molecule has 4 heterocycles. The van der Waals surface area contributed by atoms with Gasteiger partial charge in [0.05, 0.1) is 42.6 Å². The monoisotopic (exact) mass is 441 g/mol. The van der Waals surface area contributed by atoms with Crippen LogP contribution in [0.1, 0.15) is 62.2 Å². The normalized spacial score (nSPS) is 23.1. The first-order valence-corrected chi connectivity index (χ1v) is 11.5. The van der Waals surface area contributed by atoms with Crippen molar-refractivity contribution < 1.29 is 9.59 Å². The van der Waals surface area contributed by atoms with Crippen LogP contribution in [0.5, 0.6) is 0 Å². The van der Waals surface area contributed by atoms with Gasteiger partial charge in [0.25, 0.3) is 0 Å². The van der Waals surface area contributed by atoms with Gasteiger partial charge in [-0.2, -0.15) is 15.4 Å². The lowest BCUT2D eigenvalue weighted by Gasteiger charge is -2.40. The summed E-state index contributed by atoms with van der Waals surface area (Å²) in [5.41, 5.74) is 2.74. The Labute approximate surface area is 186 Å². The van der Waals surface area contributed by atoms with Gasteiger partial charge in [0.2, 0.25) is 11.8 Å². The van der Waals surface area contributed by atoms with Crippen molar-refractivity contribution in [3.8, 4) is 0 Å². The summed E-state index contributed by atoms with van der Waals surface area (Å²) in [6.45, 7) is 8.40. The third kappa shape index (κ3) is 4.25. The molecule has 0 saturated carbocycles.